The van der Waals surface area contributed by atoms with E-state index in [1.165, 1.54) is 11.3 Å². The Bertz CT molecular complexity index is 644. The Morgan fingerprint density at radius 2 is 1.95 bits per heavy atom. The minimum Gasteiger partial charge on any atom is -0.358 e. The van der Waals surface area contributed by atoms with Crippen molar-refractivity contribution in [2.45, 2.75) is 13.3 Å². The Morgan fingerprint density at radius 3 is 2.58 bits per heavy atom. The van der Waals surface area contributed by atoms with Crippen LogP contribution < -0.4 is 0 Å². The predicted octanol–water partition coefficient (Wildman–Crippen LogP) is 3.98. The van der Waals surface area contributed by atoms with Crippen LogP contribution in [0.5, 0.6) is 0 Å². The first-order valence-electron chi connectivity index (χ1n) is 6.57. The van der Waals surface area contributed by atoms with Gasteiger partial charge in [-0.2, -0.15) is 0 Å². The molecule has 2 heterocycles. The number of nitrogens with one attached hydrogen (secondary N) is 1. The molecule has 2 heteroatoms. The molecule has 0 amide bonds. The normalized spacial score (nSPS) is 16.1. The van der Waals surface area contributed by atoms with Crippen molar-refractivity contribution in [3.05, 3.63) is 77.3 Å². The van der Waals surface area contributed by atoms with Crippen LogP contribution in [-0.2, 0) is 6.42 Å². The third kappa shape index (κ3) is 2.29. The molecule has 94 valence electrons. The highest BCUT2D eigenvalue weighted by atomic mass is 14.8. The molecule has 1 aromatic heterocycles. The van der Waals surface area contributed by atoms with E-state index in [9.17, 15) is 0 Å². The molecule has 1 aliphatic heterocycles. The third-order valence-corrected chi connectivity index (χ3v) is 3.27. The molecule has 0 spiro atoms. The van der Waals surface area contributed by atoms with Crippen LogP contribution >= 0.6 is 0 Å². The second kappa shape index (κ2) is 5.11. The summed E-state index contributed by atoms with van der Waals surface area (Å²) in [5.74, 6) is 0. The van der Waals surface area contributed by atoms with E-state index in [-0.39, 0.29) is 0 Å². The molecule has 0 unspecified atom stereocenters. The molecule has 19 heavy (non-hydrogen) atoms. The predicted molar refractivity (Wildman–Crippen MR) is 80.3 cm³/mol. The standard InChI is InChI=1S/C17H16N2/c1-2-14-10-11-16(19-14)17(15-9-6-12-18-15)13-7-4-3-5-8-13/h3-12,19H,2H2,1H3/b17-15-. The summed E-state index contributed by atoms with van der Waals surface area (Å²) in [4.78, 5) is 7.92. The van der Waals surface area contributed by atoms with Gasteiger partial charge in [0.2, 0.25) is 0 Å². The zero-order valence-electron chi connectivity index (χ0n) is 10.9. The van der Waals surface area contributed by atoms with E-state index < -0.39 is 0 Å². The molecule has 0 fully saturated rings. The van der Waals surface area contributed by atoms with Gasteiger partial charge in [0.15, 0.2) is 0 Å². The summed E-state index contributed by atoms with van der Waals surface area (Å²) in [5, 5.41) is 0. The smallest absolute Gasteiger partial charge is 0.0729 e. The fourth-order valence-corrected chi connectivity index (χ4v) is 2.29. The van der Waals surface area contributed by atoms with E-state index in [4.69, 9.17) is 0 Å². The number of hydrogen-bond acceptors (Lipinski definition) is 1. The van der Waals surface area contributed by atoms with E-state index in [0.717, 1.165) is 23.4 Å². The Morgan fingerprint density at radius 1 is 1.11 bits per heavy atom. The second-order valence-corrected chi connectivity index (χ2v) is 4.51. The Hall–Kier alpha value is -2.35. The largest absolute Gasteiger partial charge is 0.358 e. The summed E-state index contributed by atoms with van der Waals surface area (Å²) in [6, 6.07) is 14.7. The summed E-state index contributed by atoms with van der Waals surface area (Å²) < 4.78 is 0. The number of nitrogens with zero attached hydrogens (tertiary/aromatic N) is 1. The average Bonchev–Trinajstić information content (AvgIpc) is 3.12. The molecule has 2 aromatic rings. The summed E-state index contributed by atoms with van der Waals surface area (Å²) in [6.45, 7) is 2.15. The van der Waals surface area contributed by atoms with Crippen LogP contribution in [0.1, 0.15) is 23.9 Å². The summed E-state index contributed by atoms with van der Waals surface area (Å²) in [5.41, 5.74) is 5.73. The van der Waals surface area contributed by atoms with Gasteiger partial charge in [0.05, 0.1) is 5.70 Å². The van der Waals surface area contributed by atoms with Crippen molar-refractivity contribution in [2.24, 2.45) is 4.99 Å². The molecule has 3 rings (SSSR count). The molecule has 2 nitrogen and oxygen atoms in total. The maximum Gasteiger partial charge on any atom is 0.0729 e. The van der Waals surface area contributed by atoms with Crippen molar-refractivity contribution in [2.75, 3.05) is 0 Å². The van der Waals surface area contributed by atoms with Crippen LogP contribution in [0, 0.1) is 0 Å². The van der Waals surface area contributed by atoms with Crippen LogP contribution in [0.2, 0.25) is 0 Å². The van der Waals surface area contributed by atoms with Crippen molar-refractivity contribution in [1.29, 1.82) is 0 Å². The van der Waals surface area contributed by atoms with E-state index in [2.05, 4.69) is 59.4 Å². The third-order valence-electron chi connectivity index (χ3n) is 3.27. The first-order valence-corrected chi connectivity index (χ1v) is 6.57. The van der Waals surface area contributed by atoms with Gasteiger partial charge in [0.1, 0.15) is 0 Å². The van der Waals surface area contributed by atoms with Crippen molar-refractivity contribution in [1.82, 2.24) is 4.98 Å². The number of allylic oxidation sites excluding steroid dienone is 2. The maximum atomic E-state index is 4.45. The first-order chi connectivity index (χ1) is 9.38. The summed E-state index contributed by atoms with van der Waals surface area (Å²) in [6.07, 6.45) is 6.87. The zero-order chi connectivity index (χ0) is 13.1. The maximum absolute atomic E-state index is 4.45. The Balaban J connectivity index is 2.15. The monoisotopic (exact) mass is 248 g/mol. The van der Waals surface area contributed by atoms with Crippen LogP contribution in [0.4, 0.5) is 0 Å². The second-order valence-electron chi connectivity index (χ2n) is 4.51. The number of aryl methyl sites for hydroxylation is 1. The number of rotatable bonds is 3. The topological polar surface area (TPSA) is 28.1 Å². The molecule has 1 aliphatic rings. The van der Waals surface area contributed by atoms with Gasteiger partial charge in [-0.05, 0) is 36.3 Å². The fourth-order valence-electron chi connectivity index (χ4n) is 2.29. The molecule has 1 N–H and O–H groups in total. The Labute approximate surface area is 113 Å². The van der Waals surface area contributed by atoms with Gasteiger partial charge in [0.25, 0.3) is 0 Å². The minimum atomic E-state index is 1.01. The lowest BCUT2D eigenvalue weighted by Crippen LogP contribution is -1.92. The Kier molecular flexibility index (Phi) is 3.15. The van der Waals surface area contributed by atoms with Gasteiger partial charge >= 0.3 is 0 Å². The molecule has 0 atom stereocenters. The van der Waals surface area contributed by atoms with Gasteiger partial charge in [-0.3, -0.25) is 4.99 Å². The van der Waals surface area contributed by atoms with E-state index >= 15 is 0 Å². The van der Waals surface area contributed by atoms with E-state index in [1.54, 1.807) is 0 Å². The molecule has 0 saturated carbocycles. The minimum absolute atomic E-state index is 1.01. The molecule has 0 aliphatic carbocycles. The quantitative estimate of drug-likeness (QED) is 0.851. The average molecular weight is 248 g/mol. The van der Waals surface area contributed by atoms with Gasteiger partial charge in [-0.15, -0.1) is 0 Å². The molecule has 0 bridgehead atoms. The fraction of sp³-hybridized carbons (Fsp3) is 0.118. The highest BCUT2D eigenvalue weighted by Crippen LogP contribution is 2.28. The van der Waals surface area contributed by atoms with Crippen LogP contribution in [0.3, 0.4) is 0 Å². The molecular weight excluding hydrogens is 232 g/mol. The van der Waals surface area contributed by atoms with Crippen LogP contribution in [-0.4, -0.2) is 11.2 Å². The number of aliphatic imine (C=N–C) groups is 1. The number of H-pyrrole nitrogens is 1. The van der Waals surface area contributed by atoms with E-state index in [1.807, 2.05) is 18.4 Å². The van der Waals surface area contributed by atoms with Gasteiger partial charge in [-0.25, -0.2) is 0 Å². The van der Waals surface area contributed by atoms with Crippen molar-refractivity contribution >= 4 is 11.8 Å². The van der Waals surface area contributed by atoms with E-state index in [0.29, 0.717) is 0 Å². The highest BCUT2D eigenvalue weighted by Gasteiger charge is 2.12. The number of aromatic nitrogens is 1. The van der Waals surface area contributed by atoms with Crippen molar-refractivity contribution in [3.8, 4) is 0 Å². The van der Waals surface area contributed by atoms with Gasteiger partial charge in [0, 0.05) is 23.2 Å². The molecule has 1 aromatic carbocycles. The lowest BCUT2D eigenvalue weighted by Gasteiger charge is -2.08. The van der Waals surface area contributed by atoms with Crippen LogP contribution in [0.15, 0.2) is 65.3 Å². The molecular formula is C17H16N2. The zero-order valence-corrected chi connectivity index (χ0v) is 10.9. The lowest BCUT2D eigenvalue weighted by atomic mass is 10.0. The lowest BCUT2D eigenvalue weighted by molar-refractivity contribution is 1.06. The summed E-state index contributed by atoms with van der Waals surface area (Å²) in [7, 11) is 0. The molecule has 0 radical (unpaired) electrons. The number of hydrogen-bond donors (Lipinski definition) is 1. The SMILES string of the molecule is CCc1ccc(/C(=C2/C=CC=N2)c2ccccc2)[nH]1. The van der Waals surface area contributed by atoms with Crippen molar-refractivity contribution in [3.63, 3.8) is 0 Å². The van der Waals surface area contributed by atoms with Gasteiger partial charge in [-0.1, -0.05) is 37.3 Å². The number of aromatic amines is 1. The summed E-state index contributed by atoms with van der Waals surface area (Å²) >= 11 is 0. The number of benzene rings is 1. The van der Waals surface area contributed by atoms with Crippen LogP contribution in [0.25, 0.3) is 5.57 Å². The molecule has 0 saturated heterocycles. The highest BCUT2D eigenvalue weighted by molar-refractivity contribution is 5.88. The van der Waals surface area contributed by atoms with Crippen molar-refractivity contribution < 1.29 is 0 Å². The first kappa shape index (κ1) is 11.7. The van der Waals surface area contributed by atoms with Gasteiger partial charge < -0.3 is 4.98 Å².